The van der Waals surface area contributed by atoms with E-state index in [0.717, 1.165) is 26.5 Å². The average molecular weight is 366 g/mol. The Hall–Kier alpha value is -1.52. The predicted octanol–water partition coefficient (Wildman–Crippen LogP) is 5.47. The number of hydrogen-bond donors (Lipinski definition) is 0. The van der Waals surface area contributed by atoms with Crippen LogP contribution in [0.1, 0.15) is 11.1 Å². The maximum Gasteiger partial charge on any atom is 0.161 e. The van der Waals surface area contributed by atoms with E-state index in [1.54, 1.807) is 0 Å². The Kier molecular flexibility index (Phi) is 3.68. The minimum Gasteiger partial charge on any atom is -0.228 e. The Morgan fingerprint density at radius 3 is 2.57 bits per heavy atom. The molecule has 0 amide bonds. The second-order valence-corrected chi connectivity index (χ2v) is 6.14. The van der Waals surface area contributed by atoms with E-state index < -0.39 is 0 Å². The summed E-state index contributed by atoms with van der Waals surface area (Å²) in [5, 5.41) is 1.15. The van der Waals surface area contributed by atoms with Gasteiger partial charge in [-0.2, -0.15) is 0 Å². The number of aryl methyl sites for hydroxylation is 2. The molecule has 0 saturated carbocycles. The number of aromatic nitrogens is 2. The van der Waals surface area contributed by atoms with E-state index in [1.165, 1.54) is 12.1 Å². The molecular formula is C16H11BrClFN2. The third-order valence-corrected chi connectivity index (χ3v) is 4.46. The van der Waals surface area contributed by atoms with Crippen LogP contribution in [-0.2, 0) is 0 Å². The quantitative estimate of drug-likeness (QED) is 0.534. The fraction of sp³-hybridized carbons (Fsp3) is 0.125. The number of halogens is 3. The minimum atomic E-state index is -0.309. The predicted molar refractivity (Wildman–Crippen MR) is 87.1 cm³/mol. The van der Waals surface area contributed by atoms with Gasteiger partial charge in [-0.25, -0.2) is 14.4 Å². The third kappa shape index (κ3) is 2.65. The third-order valence-electron chi connectivity index (χ3n) is 3.31. The lowest BCUT2D eigenvalue weighted by Crippen LogP contribution is -1.95. The molecule has 0 N–H and O–H groups in total. The highest BCUT2D eigenvalue weighted by molar-refractivity contribution is 9.10. The van der Waals surface area contributed by atoms with Crippen LogP contribution < -0.4 is 0 Å². The molecule has 0 fully saturated rings. The van der Waals surface area contributed by atoms with Crippen molar-refractivity contribution in [1.29, 1.82) is 0 Å². The molecule has 1 aromatic heterocycles. The number of nitrogens with zero attached hydrogens (tertiary/aromatic N) is 2. The van der Waals surface area contributed by atoms with Gasteiger partial charge in [0, 0.05) is 15.4 Å². The van der Waals surface area contributed by atoms with Gasteiger partial charge >= 0.3 is 0 Å². The average Bonchev–Trinajstić information content (AvgIpc) is 2.42. The first-order chi connectivity index (χ1) is 9.95. The normalized spacial score (nSPS) is 11.1. The zero-order chi connectivity index (χ0) is 15.1. The topological polar surface area (TPSA) is 25.8 Å². The Balaban J connectivity index is 2.31. The van der Waals surface area contributed by atoms with Gasteiger partial charge < -0.3 is 0 Å². The molecule has 21 heavy (non-hydrogen) atoms. The highest BCUT2D eigenvalue weighted by atomic mass is 79.9. The summed E-state index contributed by atoms with van der Waals surface area (Å²) in [6.45, 7) is 3.79. The molecule has 0 aliphatic rings. The van der Waals surface area contributed by atoms with Crippen LogP contribution >= 0.6 is 27.5 Å². The molecule has 0 unspecified atom stereocenters. The summed E-state index contributed by atoms with van der Waals surface area (Å²) < 4.78 is 14.5. The highest BCUT2D eigenvalue weighted by Gasteiger charge is 2.12. The Labute approximate surface area is 135 Å². The number of fused-ring (bicyclic) bond motifs is 1. The highest BCUT2D eigenvalue weighted by Crippen LogP contribution is 2.30. The van der Waals surface area contributed by atoms with Crippen molar-refractivity contribution < 1.29 is 4.39 Å². The van der Waals surface area contributed by atoms with E-state index in [2.05, 4.69) is 25.9 Å². The van der Waals surface area contributed by atoms with E-state index in [0.29, 0.717) is 16.5 Å². The van der Waals surface area contributed by atoms with Crippen LogP contribution in [0.3, 0.4) is 0 Å². The molecule has 0 bridgehead atoms. The van der Waals surface area contributed by atoms with E-state index in [9.17, 15) is 4.39 Å². The summed E-state index contributed by atoms with van der Waals surface area (Å²) in [7, 11) is 0. The maximum atomic E-state index is 13.6. The first kappa shape index (κ1) is 14.4. The van der Waals surface area contributed by atoms with Crippen molar-refractivity contribution in [2.45, 2.75) is 13.8 Å². The summed E-state index contributed by atoms with van der Waals surface area (Å²) in [4.78, 5) is 8.85. The lowest BCUT2D eigenvalue weighted by molar-refractivity contribution is 0.627. The van der Waals surface area contributed by atoms with Gasteiger partial charge in [0.2, 0.25) is 0 Å². The van der Waals surface area contributed by atoms with Gasteiger partial charge in [0.15, 0.2) is 5.82 Å². The molecule has 0 spiro atoms. The van der Waals surface area contributed by atoms with Gasteiger partial charge in [0.1, 0.15) is 11.0 Å². The van der Waals surface area contributed by atoms with Gasteiger partial charge in [-0.1, -0.05) is 27.5 Å². The Morgan fingerprint density at radius 2 is 1.86 bits per heavy atom. The van der Waals surface area contributed by atoms with Crippen molar-refractivity contribution in [3.05, 3.63) is 56.9 Å². The fourth-order valence-electron chi connectivity index (χ4n) is 2.26. The van der Waals surface area contributed by atoms with Gasteiger partial charge in [-0.05, 0) is 55.3 Å². The Morgan fingerprint density at radius 1 is 1.10 bits per heavy atom. The monoisotopic (exact) mass is 364 g/mol. The molecule has 5 heteroatoms. The summed E-state index contributed by atoms with van der Waals surface area (Å²) >= 11 is 9.74. The fourth-order valence-corrected chi connectivity index (χ4v) is 2.82. The first-order valence-corrected chi connectivity index (χ1v) is 7.53. The van der Waals surface area contributed by atoms with Crippen molar-refractivity contribution in [1.82, 2.24) is 9.97 Å². The molecule has 106 valence electrons. The van der Waals surface area contributed by atoms with E-state index in [1.807, 2.05) is 32.0 Å². The van der Waals surface area contributed by atoms with Crippen LogP contribution in [-0.4, -0.2) is 9.97 Å². The van der Waals surface area contributed by atoms with Crippen molar-refractivity contribution in [2.24, 2.45) is 0 Å². The van der Waals surface area contributed by atoms with Crippen molar-refractivity contribution in [3.63, 3.8) is 0 Å². The molecule has 0 atom stereocenters. The SMILES string of the molecule is Cc1cc(F)cc(-c2nc(Cl)c3ccc(Br)c(C)c3n2)c1. The Bertz CT molecular complexity index is 844. The van der Waals surface area contributed by atoms with Gasteiger partial charge in [0.25, 0.3) is 0 Å². The summed E-state index contributed by atoms with van der Waals surface area (Å²) in [6.07, 6.45) is 0. The number of hydrogen-bond acceptors (Lipinski definition) is 2. The van der Waals surface area contributed by atoms with Crippen LogP contribution in [0.25, 0.3) is 22.3 Å². The zero-order valence-corrected chi connectivity index (χ0v) is 13.8. The standard InChI is InChI=1S/C16H11BrClFN2/c1-8-5-10(7-11(19)6-8)16-20-14-9(2)13(17)4-3-12(14)15(18)21-16/h3-7H,1-2H3. The molecule has 0 aliphatic heterocycles. The summed E-state index contributed by atoms with van der Waals surface area (Å²) in [6, 6.07) is 8.51. The molecular weight excluding hydrogens is 355 g/mol. The lowest BCUT2D eigenvalue weighted by Gasteiger charge is -2.08. The summed E-state index contributed by atoms with van der Waals surface area (Å²) in [5.74, 6) is 0.118. The van der Waals surface area contributed by atoms with Crippen molar-refractivity contribution in [2.75, 3.05) is 0 Å². The van der Waals surface area contributed by atoms with Gasteiger partial charge in [-0.3, -0.25) is 0 Å². The van der Waals surface area contributed by atoms with Crippen LogP contribution in [0.5, 0.6) is 0 Å². The van der Waals surface area contributed by atoms with Crippen LogP contribution in [0.4, 0.5) is 4.39 Å². The molecule has 3 aromatic rings. The second-order valence-electron chi connectivity index (χ2n) is 4.92. The largest absolute Gasteiger partial charge is 0.228 e. The smallest absolute Gasteiger partial charge is 0.161 e. The number of rotatable bonds is 1. The van der Waals surface area contributed by atoms with Crippen molar-refractivity contribution >= 4 is 38.4 Å². The molecule has 3 rings (SSSR count). The van der Waals surface area contributed by atoms with Crippen LogP contribution in [0.2, 0.25) is 5.15 Å². The first-order valence-electron chi connectivity index (χ1n) is 6.35. The molecule has 0 radical (unpaired) electrons. The van der Waals surface area contributed by atoms with Crippen LogP contribution in [0, 0.1) is 19.7 Å². The molecule has 0 saturated heterocycles. The lowest BCUT2D eigenvalue weighted by atomic mass is 10.1. The second kappa shape index (κ2) is 5.35. The van der Waals surface area contributed by atoms with E-state index in [-0.39, 0.29) is 5.82 Å². The molecule has 2 aromatic carbocycles. The maximum absolute atomic E-state index is 13.6. The van der Waals surface area contributed by atoms with E-state index >= 15 is 0 Å². The van der Waals surface area contributed by atoms with Crippen LogP contribution in [0.15, 0.2) is 34.8 Å². The number of benzene rings is 2. The van der Waals surface area contributed by atoms with Gasteiger partial charge in [0.05, 0.1) is 5.52 Å². The van der Waals surface area contributed by atoms with Gasteiger partial charge in [-0.15, -0.1) is 0 Å². The minimum absolute atomic E-state index is 0.309. The zero-order valence-electron chi connectivity index (χ0n) is 11.4. The molecule has 2 nitrogen and oxygen atoms in total. The molecule has 0 aliphatic carbocycles. The van der Waals surface area contributed by atoms with Crippen molar-refractivity contribution in [3.8, 4) is 11.4 Å². The van der Waals surface area contributed by atoms with E-state index in [4.69, 9.17) is 11.6 Å². The summed E-state index contributed by atoms with van der Waals surface area (Å²) in [5.41, 5.74) is 3.18. The molecule has 1 heterocycles.